The Labute approximate surface area is 133 Å². The molecule has 0 saturated carbocycles. The van der Waals surface area contributed by atoms with Crippen LogP contribution in [0.4, 0.5) is 8.78 Å². The van der Waals surface area contributed by atoms with Crippen LogP contribution in [0.25, 0.3) is 6.08 Å². The van der Waals surface area contributed by atoms with E-state index < -0.39 is 6.61 Å². The zero-order valence-electron chi connectivity index (χ0n) is 12.8. The van der Waals surface area contributed by atoms with E-state index in [4.69, 9.17) is 4.74 Å². The molecule has 0 aromatic heterocycles. The summed E-state index contributed by atoms with van der Waals surface area (Å²) >= 11 is 0. The first kappa shape index (κ1) is 16.7. The van der Waals surface area contributed by atoms with Gasteiger partial charge in [0.1, 0.15) is 0 Å². The van der Waals surface area contributed by atoms with E-state index in [0.717, 1.165) is 5.56 Å². The fraction of sp³-hybridized carbons (Fsp3) is 0.167. The van der Waals surface area contributed by atoms with Gasteiger partial charge in [-0.05, 0) is 36.8 Å². The largest absolute Gasteiger partial charge is 0.493 e. The van der Waals surface area contributed by atoms with Crippen molar-refractivity contribution < 1.29 is 23.0 Å². The van der Waals surface area contributed by atoms with Crippen LogP contribution in [0.15, 0.2) is 48.5 Å². The minimum absolute atomic E-state index is 0.0762. The normalized spacial score (nSPS) is 11.0. The molecule has 0 aliphatic carbocycles. The third-order valence-corrected chi connectivity index (χ3v) is 3.13. The molecule has 0 unspecified atom stereocenters. The van der Waals surface area contributed by atoms with Crippen molar-refractivity contribution in [1.29, 1.82) is 0 Å². The lowest BCUT2D eigenvalue weighted by Gasteiger charge is -2.10. The lowest BCUT2D eigenvalue weighted by atomic mass is 10.1. The molecule has 0 radical (unpaired) electrons. The van der Waals surface area contributed by atoms with E-state index in [2.05, 4.69) is 4.74 Å². The number of halogens is 2. The molecule has 0 spiro atoms. The van der Waals surface area contributed by atoms with Crippen molar-refractivity contribution in [1.82, 2.24) is 0 Å². The van der Waals surface area contributed by atoms with Crippen molar-refractivity contribution >= 4 is 11.9 Å². The Bertz CT molecular complexity index is 724. The quantitative estimate of drug-likeness (QED) is 0.581. The van der Waals surface area contributed by atoms with E-state index >= 15 is 0 Å². The molecular weight excluding hydrogens is 302 g/mol. The molecule has 0 atom stereocenters. The standard InChI is InChI=1S/C18H16F2O3/c1-12-4-3-5-14(10-12)15(21)8-6-13-7-9-16(22-2)17(11-13)23-18(19)20/h3-11,18H,1-2H3/b8-6+. The number of allylic oxidation sites excluding steroid dienone is 1. The van der Waals surface area contributed by atoms with Crippen LogP contribution in [-0.4, -0.2) is 19.5 Å². The predicted octanol–water partition coefficient (Wildman–Crippen LogP) is 4.50. The maximum Gasteiger partial charge on any atom is 0.387 e. The van der Waals surface area contributed by atoms with Crippen molar-refractivity contribution in [3.63, 3.8) is 0 Å². The van der Waals surface area contributed by atoms with Gasteiger partial charge in [0.2, 0.25) is 0 Å². The highest BCUT2D eigenvalue weighted by molar-refractivity contribution is 6.06. The summed E-state index contributed by atoms with van der Waals surface area (Å²) in [5.41, 5.74) is 2.11. The maximum atomic E-state index is 12.4. The Morgan fingerprint density at radius 2 is 1.91 bits per heavy atom. The summed E-state index contributed by atoms with van der Waals surface area (Å²) in [6.45, 7) is -1.05. The summed E-state index contributed by atoms with van der Waals surface area (Å²) in [5.74, 6) is -0.0408. The van der Waals surface area contributed by atoms with Crippen molar-refractivity contribution in [2.24, 2.45) is 0 Å². The van der Waals surface area contributed by atoms with Gasteiger partial charge in [-0.15, -0.1) is 0 Å². The molecule has 0 heterocycles. The smallest absolute Gasteiger partial charge is 0.387 e. The van der Waals surface area contributed by atoms with E-state index in [1.165, 1.54) is 25.3 Å². The van der Waals surface area contributed by atoms with Crippen molar-refractivity contribution in [2.45, 2.75) is 13.5 Å². The Kier molecular flexibility index (Phi) is 5.46. The topological polar surface area (TPSA) is 35.5 Å². The molecule has 5 heteroatoms. The molecule has 0 aliphatic heterocycles. The first-order valence-electron chi connectivity index (χ1n) is 6.91. The van der Waals surface area contributed by atoms with Gasteiger partial charge in [-0.1, -0.05) is 35.9 Å². The average Bonchev–Trinajstić information content (AvgIpc) is 2.52. The molecule has 0 N–H and O–H groups in total. The number of ketones is 1. The van der Waals surface area contributed by atoms with Gasteiger partial charge in [-0.2, -0.15) is 8.78 Å². The van der Waals surface area contributed by atoms with Gasteiger partial charge in [0, 0.05) is 5.56 Å². The van der Waals surface area contributed by atoms with Gasteiger partial charge in [0.15, 0.2) is 17.3 Å². The summed E-state index contributed by atoms with van der Waals surface area (Å²) in [7, 11) is 1.37. The van der Waals surface area contributed by atoms with E-state index in [0.29, 0.717) is 11.1 Å². The monoisotopic (exact) mass is 318 g/mol. The van der Waals surface area contributed by atoms with Crippen molar-refractivity contribution in [3.05, 3.63) is 65.2 Å². The molecule has 0 saturated heterocycles. The second kappa shape index (κ2) is 7.54. The number of hydrogen-bond acceptors (Lipinski definition) is 3. The maximum absolute atomic E-state index is 12.4. The zero-order chi connectivity index (χ0) is 16.8. The Balaban J connectivity index is 2.20. The van der Waals surface area contributed by atoms with Crippen LogP contribution in [-0.2, 0) is 0 Å². The lowest BCUT2D eigenvalue weighted by molar-refractivity contribution is -0.0512. The third kappa shape index (κ3) is 4.64. The van der Waals surface area contributed by atoms with Crippen LogP contribution in [0.2, 0.25) is 0 Å². The molecule has 0 bridgehead atoms. The number of ether oxygens (including phenoxy) is 2. The minimum atomic E-state index is -2.95. The molecule has 0 fully saturated rings. The van der Waals surface area contributed by atoms with Crippen LogP contribution in [0.5, 0.6) is 11.5 Å². The predicted molar refractivity (Wildman–Crippen MR) is 84.2 cm³/mol. The molecule has 2 aromatic carbocycles. The van der Waals surface area contributed by atoms with Gasteiger partial charge in [-0.25, -0.2) is 0 Å². The Morgan fingerprint density at radius 1 is 1.13 bits per heavy atom. The van der Waals surface area contributed by atoms with Gasteiger partial charge < -0.3 is 9.47 Å². The number of methoxy groups -OCH3 is 1. The van der Waals surface area contributed by atoms with Gasteiger partial charge in [0.05, 0.1) is 7.11 Å². The number of rotatable bonds is 6. The molecule has 23 heavy (non-hydrogen) atoms. The number of carbonyl (C=O) groups excluding carboxylic acids is 1. The summed E-state index contributed by atoms with van der Waals surface area (Å²) in [5, 5.41) is 0. The molecule has 120 valence electrons. The van der Waals surface area contributed by atoms with Crippen molar-refractivity contribution in [3.8, 4) is 11.5 Å². The SMILES string of the molecule is COc1ccc(/C=C/C(=O)c2cccc(C)c2)cc1OC(F)F. The molecule has 0 amide bonds. The zero-order valence-corrected chi connectivity index (χ0v) is 12.8. The third-order valence-electron chi connectivity index (χ3n) is 3.13. The Morgan fingerprint density at radius 3 is 2.57 bits per heavy atom. The number of benzene rings is 2. The highest BCUT2D eigenvalue weighted by atomic mass is 19.3. The van der Waals surface area contributed by atoms with Crippen LogP contribution >= 0.6 is 0 Å². The summed E-state index contributed by atoms with van der Waals surface area (Å²) in [6, 6.07) is 11.8. The molecular formula is C18H16F2O3. The minimum Gasteiger partial charge on any atom is -0.493 e. The fourth-order valence-electron chi connectivity index (χ4n) is 2.05. The number of alkyl halides is 2. The molecule has 2 aromatic rings. The van der Waals surface area contributed by atoms with Crippen molar-refractivity contribution in [2.75, 3.05) is 7.11 Å². The fourth-order valence-corrected chi connectivity index (χ4v) is 2.05. The van der Waals surface area contributed by atoms with Crippen LogP contribution in [0.1, 0.15) is 21.5 Å². The van der Waals surface area contributed by atoms with E-state index in [1.807, 2.05) is 13.0 Å². The molecule has 3 nitrogen and oxygen atoms in total. The number of aryl methyl sites for hydroxylation is 1. The summed E-state index contributed by atoms with van der Waals surface area (Å²) in [4.78, 5) is 12.1. The average molecular weight is 318 g/mol. The molecule has 0 aliphatic rings. The number of carbonyl (C=O) groups is 1. The first-order chi connectivity index (χ1) is 11.0. The second-order valence-electron chi connectivity index (χ2n) is 4.86. The second-order valence-corrected chi connectivity index (χ2v) is 4.86. The van der Waals surface area contributed by atoms with E-state index in [1.54, 1.807) is 30.3 Å². The van der Waals surface area contributed by atoms with Crippen LogP contribution in [0.3, 0.4) is 0 Å². The van der Waals surface area contributed by atoms with Crippen LogP contribution in [0, 0.1) is 6.92 Å². The Hall–Kier alpha value is -2.69. The van der Waals surface area contributed by atoms with Gasteiger partial charge in [-0.3, -0.25) is 4.79 Å². The van der Waals surface area contributed by atoms with Gasteiger partial charge in [0.25, 0.3) is 0 Å². The summed E-state index contributed by atoms with van der Waals surface area (Å²) < 4.78 is 34.2. The van der Waals surface area contributed by atoms with Gasteiger partial charge >= 0.3 is 6.61 Å². The lowest BCUT2D eigenvalue weighted by Crippen LogP contribution is -2.03. The van der Waals surface area contributed by atoms with E-state index in [9.17, 15) is 13.6 Å². The molecule has 2 rings (SSSR count). The van der Waals surface area contributed by atoms with E-state index in [-0.39, 0.29) is 17.3 Å². The highest BCUT2D eigenvalue weighted by Gasteiger charge is 2.10. The highest BCUT2D eigenvalue weighted by Crippen LogP contribution is 2.30. The summed E-state index contributed by atoms with van der Waals surface area (Å²) in [6.07, 6.45) is 2.94. The first-order valence-corrected chi connectivity index (χ1v) is 6.91. The van der Waals surface area contributed by atoms with Crippen LogP contribution < -0.4 is 9.47 Å². The number of hydrogen-bond donors (Lipinski definition) is 0.